The summed E-state index contributed by atoms with van der Waals surface area (Å²) in [6.45, 7) is 11.0. The summed E-state index contributed by atoms with van der Waals surface area (Å²) in [5.41, 5.74) is 0. The van der Waals surface area contributed by atoms with Crippen molar-refractivity contribution in [3.05, 3.63) is 21.9 Å². The van der Waals surface area contributed by atoms with Gasteiger partial charge in [0.25, 0.3) is 0 Å². The molecule has 124 valence electrons. The Balaban J connectivity index is 1.73. The first-order valence-corrected chi connectivity index (χ1v) is 9.14. The van der Waals surface area contributed by atoms with Gasteiger partial charge in [0.1, 0.15) is 0 Å². The van der Waals surface area contributed by atoms with E-state index in [4.69, 9.17) is 0 Å². The van der Waals surface area contributed by atoms with Crippen LogP contribution in [0.25, 0.3) is 0 Å². The standard InChI is InChI=1S/C17H30N4S/c1-13-6-5-9-21(12-13)14(2)10-19-17(18-4)20-11-16-8-7-15(3)22-16/h7-8,13-14H,5-6,9-12H2,1-4H3,(H2,18,19,20). The molecule has 0 bridgehead atoms. The van der Waals surface area contributed by atoms with Crippen LogP contribution < -0.4 is 10.6 Å². The number of aliphatic imine (C=N–C) groups is 1. The lowest BCUT2D eigenvalue weighted by molar-refractivity contribution is 0.139. The van der Waals surface area contributed by atoms with Gasteiger partial charge in [0, 0.05) is 35.9 Å². The molecular weight excluding hydrogens is 292 g/mol. The van der Waals surface area contributed by atoms with E-state index in [1.165, 1.54) is 35.7 Å². The van der Waals surface area contributed by atoms with Crippen molar-refractivity contribution in [3.8, 4) is 0 Å². The lowest BCUT2D eigenvalue weighted by Gasteiger charge is -2.35. The molecular formula is C17H30N4S. The molecule has 2 heterocycles. The number of nitrogens with one attached hydrogen (secondary N) is 2. The molecule has 1 aromatic heterocycles. The number of hydrogen-bond donors (Lipinski definition) is 2. The van der Waals surface area contributed by atoms with E-state index in [1.807, 2.05) is 18.4 Å². The fraction of sp³-hybridized carbons (Fsp3) is 0.706. The normalized spacial score (nSPS) is 21.6. The summed E-state index contributed by atoms with van der Waals surface area (Å²) in [5.74, 6) is 1.72. The number of likely N-dealkylation sites (tertiary alicyclic amines) is 1. The number of thiophene rings is 1. The molecule has 0 aromatic carbocycles. The molecule has 0 saturated carbocycles. The highest BCUT2D eigenvalue weighted by Gasteiger charge is 2.20. The van der Waals surface area contributed by atoms with Gasteiger partial charge in [-0.2, -0.15) is 0 Å². The first-order valence-electron chi connectivity index (χ1n) is 8.32. The quantitative estimate of drug-likeness (QED) is 0.647. The maximum Gasteiger partial charge on any atom is 0.191 e. The zero-order valence-electron chi connectivity index (χ0n) is 14.4. The minimum Gasteiger partial charge on any atom is -0.355 e. The highest BCUT2D eigenvalue weighted by Crippen LogP contribution is 2.17. The molecule has 1 saturated heterocycles. The van der Waals surface area contributed by atoms with Gasteiger partial charge in [0.15, 0.2) is 5.96 Å². The van der Waals surface area contributed by atoms with Gasteiger partial charge in [0.05, 0.1) is 6.54 Å². The Morgan fingerprint density at radius 2 is 2.27 bits per heavy atom. The molecule has 22 heavy (non-hydrogen) atoms. The molecule has 2 N–H and O–H groups in total. The van der Waals surface area contributed by atoms with E-state index in [2.05, 4.69) is 53.4 Å². The van der Waals surface area contributed by atoms with Gasteiger partial charge in [-0.05, 0) is 51.3 Å². The Morgan fingerprint density at radius 3 is 2.91 bits per heavy atom. The number of piperidine rings is 1. The first-order chi connectivity index (χ1) is 10.6. The number of nitrogens with zero attached hydrogens (tertiary/aromatic N) is 2. The van der Waals surface area contributed by atoms with Crippen molar-refractivity contribution in [3.63, 3.8) is 0 Å². The molecule has 1 fully saturated rings. The van der Waals surface area contributed by atoms with Crippen LogP contribution in [0.2, 0.25) is 0 Å². The third kappa shape index (κ3) is 5.29. The highest BCUT2D eigenvalue weighted by atomic mass is 32.1. The fourth-order valence-electron chi connectivity index (χ4n) is 2.97. The minimum absolute atomic E-state index is 0.547. The molecule has 4 nitrogen and oxygen atoms in total. The summed E-state index contributed by atoms with van der Waals surface area (Å²) in [6.07, 6.45) is 2.70. The Bertz CT molecular complexity index is 483. The Labute approximate surface area is 139 Å². The van der Waals surface area contributed by atoms with Crippen LogP contribution in [0.3, 0.4) is 0 Å². The van der Waals surface area contributed by atoms with Crippen LogP contribution >= 0.6 is 11.3 Å². The van der Waals surface area contributed by atoms with Crippen molar-refractivity contribution in [1.82, 2.24) is 15.5 Å². The van der Waals surface area contributed by atoms with E-state index in [9.17, 15) is 0 Å². The van der Waals surface area contributed by atoms with E-state index in [0.717, 1.165) is 25.0 Å². The molecule has 0 aliphatic carbocycles. The largest absolute Gasteiger partial charge is 0.355 e. The minimum atomic E-state index is 0.547. The van der Waals surface area contributed by atoms with E-state index in [-0.39, 0.29) is 0 Å². The third-order valence-corrected chi connectivity index (χ3v) is 5.33. The maximum absolute atomic E-state index is 4.32. The molecule has 1 aliphatic rings. The average Bonchev–Trinajstić information content (AvgIpc) is 2.92. The highest BCUT2D eigenvalue weighted by molar-refractivity contribution is 7.11. The summed E-state index contributed by atoms with van der Waals surface area (Å²) in [7, 11) is 1.84. The Kier molecular flexibility index (Phi) is 6.70. The van der Waals surface area contributed by atoms with Crippen molar-refractivity contribution >= 4 is 17.3 Å². The predicted molar refractivity (Wildman–Crippen MR) is 96.7 cm³/mol. The van der Waals surface area contributed by atoms with Crippen LogP contribution in [0.5, 0.6) is 0 Å². The van der Waals surface area contributed by atoms with Gasteiger partial charge >= 0.3 is 0 Å². The second-order valence-corrected chi connectivity index (χ2v) is 7.78. The lowest BCUT2D eigenvalue weighted by atomic mass is 9.99. The number of hydrogen-bond acceptors (Lipinski definition) is 3. The molecule has 1 aromatic rings. The van der Waals surface area contributed by atoms with Crippen molar-refractivity contribution in [2.24, 2.45) is 10.9 Å². The molecule has 2 atom stereocenters. The average molecular weight is 323 g/mol. The molecule has 2 unspecified atom stereocenters. The van der Waals surface area contributed by atoms with Crippen LogP contribution in [-0.2, 0) is 6.54 Å². The van der Waals surface area contributed by atoms with Crippen molar-refractivity contribution in [2.45, 2.75) is 46.2 Å². The SMILES string of the molecule is CN=C(NCc1ccc(C)s1)NCC(C)N1CCCC(C)C1. The van der Waals surface area contributed by atoms with Gasteiger partial charge < -0.3 is 10.6 Å². The monoisotopic (exact) mass is 322 g/mol. The fourth-order valence-corrected chi connectivity index (χ4v) is 3.80. The molecule has 2 rings (SSSR count). The zero-order valence-corrected chi connectivity index (χ0v) is 15.2. The molecule has 0 amide bonds. The second-order valence-electron chi connectivity index (χ2n) is 6.41. The summed E-state index contributed by atoms with van der Waals surface area (Å²) in [5, 5.41) is 6.86. The van der Waals surface area contributed by atoms with Gasteiger partial charge in [-0.15, -0.1) is 11.3 Å². The topological polar surface area (TPSA) is 39.7 Å². The molecule has 5 heteroatoms. The summed E-state index contributed by atoms with van der Waals surface area (Å²) in [4.78, 5) is 9.62. The van der Waals surface area contributed by atoms with Crippen molar-refractivity contribution < 1.29 is 0 Å². The van der Waals surface area contributed by atoms with Crippen molar-refractivity contribution in [2.75, 3.05) is 26.7 Å². The van der Waals surface area contributed by atoms with E-state index < -0.39 is 0 Å². The second kappa shape index (κ2) is 8.53. The molecule has 0 radical (unpaired) electrons. The number of rotatable bonds is 5. The van der Waals surface area contributed by atoms with Crippen molar-refractivity contribution in [1.29, 1.82) is 0 Å². The summed E-state index contributed by atoms with van der Waals surface area (Å²) >= 11 is 1.83. The van der Waals surface area contributed by atoms with Crippen LogP contribution in [-0.4, -0.2) is 43.6 Å². The predicted octanol–water partition coefficient (Wildman–Crippen LogP) is 2.84. The zero-order chi connectivity index (χ0) is 15.9. The number of guanidine groups is 1. The van der Waals surface area contributed by atoms with E-state index in [1.54, 1.807) is 0 Å². The Morgan fingerprint density at radius 1 is 1.45 bits per heavy atom. The van der Waals surface area contributed by atoms with Crippen LogP contribution in [0.4, 0.5) is 0 Å². The van der Waals surface area contributed by atoms with Crippen LogP contribution in [0.15, 0.2) is 17.1 Å². The van der Waals surface area contributed by atoms with E-state index in [0.29, 0.717) is 6.04 Å². The molecule has 0 spiro atoms. The summed E-state index contributed by atoms with van der Waals surface area (Å²) < 4.78 is 0. The van der Waals surface area contributed by atoms with Gasteiger partial charge in [-0.1, -0.05) is 6.92 Å². The third-order valence-electron chi connectivity index (χ3n) is 4.33. The Hall–Kier alpha value is -1.07. The van der Waals surface area contributed by atoms with Crippen LogP contribution in [0.1, 0.15) is 36.4 Å². The van der Waals surface area contributed by atoms with E-state index >= 15 is 0 Å². The van der Waals surface area contributed by atoms with Crippen LogP contribution in [0, 0.1) is 12.8 Å². The molecule has 1 aliphatic heterocycles. The lowest BCUT2D eigenvalue weighted by Crippen LogP contribution is -2.48. The van der Waals surface area contributed by atoms with Gasteiger partial charge in [-0.3, -0.25) is 9.89 Å². The smallest absolute Gasteiger partial charge is 0.191 e. The summed E-state index contributed by atoms with van der Waals surface area (Å²) in [6, 6.07) is 4.89. The number of aryl methyl sites for hydroxylation is 1. The maximum atomic E-state index is 4.32. The van der Waals surface area contributed by atoms with Gasteiger partial charge in [0.2, 0.25) is 0 Å². The van der Waals surface area contributed by atoms with Gasteiger partial charge in [-0.25, -0.2) is 0 Å². The first kappa shape index (κ1) is 17.3.